The molecule has 1 unspecified atom stereocenters. The fourth-order valence-electron chi connectivity index (χ4n) is 2.60. The fraction of sp³-hybridized carbons (Fsp3) is 0.353. The summed E-state index contributed by atoms with van der Waals surface area (Å²) in [5.74, 6) is 1.13. The van der Waals surface area contributed by atoms with Crippen LogP contribution in [0.1, 0.15) is 18.2 Å². The molecule has 7 heteroatoms. The van der Waals surface area contributed by atoms with Gasteiger partial charge in [-0.1, -0.05) is 23.4 Å². The van der Waals surface area contributed by atoms with Crippen molar-refractivity contribution in [3.05, 3.63) is 41.7 Å². The predicted molar refractivity (Wildman–Crippen MR) is 94.3 cm³/mol. The van der Waals surface area contributed by atoms with Crippen LogP contribution in [0.4, 0.5) is 11.5 Å². The van der Waals surface area contributed by atoms with Crippen molar-refractivity contribution in [1.29, 1.82) is 0 Å². The molecule has 2 amide bonds. The molecule has 6 nitrogen and oxygen atoms in total. The zero-order valence-electron chi connectivity index (χ0n) is 13.6. The Morgan fingerprint density at radius 2 is 2.21 bits per heavy atom. The Bertz CT molecular complexity index is 759. The molecule has 1 aromatic carbocycles. The molecule has 0 saturated heterocycles. The Morgan fingerprint density at radius 1 is 1.42 bits per heavy atom. The molecule has 1 aliphatic rings. The number of nitrogens with one attached hydrogen (secondary N) is 1. The van der Waals surface area contributed by atoms with E-state index in [2.05, 4.69) is 10.5 Å². The number of hydrogen-bond donors (Lipinski definition) is 1. The quantitative estimate of drug-likeness (QED) is 0.901. The highest BCUT2D eigenvalue weighted by molar-refractivity contribution is 8.01. The zero-order chi connectivity index (χ0) is 17.1. The van der Waals surface area contributed by atoms with Crippen LogP contribution in [0.5, 0.6) is 0 Å². The second kappa shape index (κ2) is 7.09. The van der Waals surface area contributed by atoms with Crippen molar-refractivity contribution < 1.29 is 14.1 Å². The van der Waals surface area contributed by atoms with Crippen LogP contribution in [0.2, 0.25) is 0 Å². The molecule has 3 rings (SSSR count). The SMILES string of the molecule is Cc1cc(NC(=O)C(C)SCC(=O)N2CCc3ccccc32)no1. The standard InChI is InChI=1S/C17H19N3O3S/c1-11-9-15(19-23-11)18-17(22)12(2)24-10-16(21)20-8-7-13-5-3-4-6-14(13)20/h3-6,9,12H,7-8,10H2,1-2H3,(H,18,19,22). The lowest BCUT2D eigenvalue weighted by Gasteiger charge is -2.18. The van der Waals surface area contributed by atoms with Gasteiger partial charge in [-0.25, -0.2) is 0 Å². The number of anilines is 2. The van der Waals surface area contributed by atoms with E-state index in [1.54, 1.807) is 24.8 Å². The lowest BCUT2D eigenvalue weighted by Crippen LogP contribution is -2.32. The summed E-state index contributed by atoms with van der Waals surface area (Å²) in [4.78, 5) is 26.4. The Balaban J connectivity index is 1.52. The lowest BCUT2D eigenvalue weighted by molar-refractivity contribution is -0.116. The van der Waals surface area contributed by atoms with Crippen LogP contribution < -0.4 is 10.2 Å². The van der Waals surface area contributed by atoms with Gasteiger partial charge in [-0.05, 0) is 31.9 Å². The smallest absolute Gasteiger partial charge is 0.238 e. The van der Waals surface area contributed by atoms with E-state index in [0.29, 0.717) is 18.1 Å². The molecule has 2 aromatic rings. The number of hydrogen-bond acceptors (Lipinski definition) is 5. The van der Waals surface area contributed by atoms with Gasteiger partial charge in [0.15, 0.2) is 5.82 Å². The maximum absolute atomic E-state index is 12.4. The van der Waals surface area contributed by atoms with Crippen LogP contribution in [0.15, 0.2) is 34.9 Å². The highest BCUT2D eigenvalue weighted by atomic mass is 32.2. The summed E-state index contributed by atoms with van der Waals surface area (Å²) in [5.41, 5.74) is 2.18. The van der Waals surface area contributed by atoms with Crippen molar-refractivity contribution in [2.75, 3.05) is 22.5 Å². The first-order chi connectivity index (χ1) is 11.5. The average molecular weight is 345 g/mol. The minimum absolute atomic E-state index is 0.0295. The normalized spacial score (nSPS) is 14.3. The Kier molecular flexibility index (Phi) is 4.89. The van der Waals surface area contributed by atoms with E-state index in [1.165, 1.54) is 17.3 Å². The van der Waals surface area contributed by atoms with Gasteiger partial charge in [0.2, 0.25) is 11.8 Å². The van der Waals surface area contributed by atoms with Crippen molar-refractivity contribution in [2.24, 2.45) is 0 Å². The number of amides is 2. The molecule has 0 aliphatic carbocycles. The second-order valence-electron chi connectivity index (χ2n) is 5.69. The Morgan fingerprint density at radius 3 is 2.96 bits per heavy atom. The van der Waals surface area contributed by atoms with Crippen molar-refractivity contribution in [1.82, 2.24) is 5.16 Å². The molecule has 24 heavy (non-hydrogen) atoms. The van der Waals surface area contributed by atoms with E-state index < -0.39 is 0 Å². The highest BCUT2D eigenvalue weighted by Crippen LogP contribution is 2.28. The summed E-state index contributed by atoms with van der Waals surface area (Å²) >= 11 is 1.32. The fourth-order valence-corrected chi connectivity index (χ4v) is 3.36. The number of para-hydroxylation sites is 1. The van der Waals surface area contributed by atoms with E-state index in [-0.39, 0.29) is 22.8 Å². The van der Waals surface area contributed by atoms with Crippen LogP contribution in [0, 0.1) is 6.92 Å². The number of thioether (sulfide) groups is 1. The maximum atomic E-state index is 12.4. The minimum atomic E-state index is -0.358. The summed E-state index contributed by atoms with van der Waals surface area (Å²) in [6.07, 6.45) is 0.883. The molecule has 0 fully saturated rings. The molecule has 1 aliphatic heterocycles. The maximum Gasteiger partial charge on any atom is 0.238 e. The minimum Gasteiger partial charge on any atom is -0.360 e. The summed E-state index contributed by atoms with van der Waals surface area (Å²) in [5, 5.41) is 6.05. The van der Waals surface area contributed by atoms with Gasteiger partial charge in [0.1, 0.15) is 5.76 Å². The van der Waals surface area contributed by atoms with E-state index in [4.69, 9.17) is 4.52 Å². The largest absolute Gasteiger partial charge is 0.360 e. The van der Waals surface area contributed by atoms with Crippen LogP contribution in [-0.4, -0.2) is 34.5 Å². The first-order valence-electron chi connectivity index (χ1n) is 7.78. The van der Waals surface area contributed by atoms with Gasteiger partial charge in [-0.15, -0.1) is 11.8 Å². The first kappa shape index (κ1) is 16.6. The van der Waals surface area contributed by atoms with Crippen molar-refractivity contribution >= 4 is 35.1 Å². The summed E-state index contributed by atoms with van der Waals surface area (Å²) in [7, 11) is 0. The van der Waals surface area contributed by atoms with Crippen LogP contribution in [0.3, 0.4) is 0 Å². The number of aromatic nitrogens is 1. The van der Waals surface area contributed by atoms with Crippen LogP contribution in [-0.2, 0) is 16.0 Å². The number of nitrogens with zero attached hydrogens (tertiary/aromatic N) is 2. The summed E-state index contributed by atoms with van der Waals surface area (Å²) in [6, 6.07) is 9.59. The number of carbonyl (C=O) groups excluding carboxylic acids is 2. The molecule has 126 valence electrons. The molecule has 0 spiro atoms. The molecule has 1 aromatic heterocycles. The van der Waals surface area contributed by atoms with E-state index in [1.807, 2.05) is 24.3 Å². The average Bonchev–Trinajstić information content (AvgIpc) is 3.18. The first-order valence-corrected chi connectivity index (χ1v) is 8.83. The van der Waals surface area contributed by atoms with Gasteiger partial charge in [0, 0.05) is 18.3 Å². The summed E-state index contributed by atoms with van der Waals surface area (Å²) < 4.78 is 4.91. The number of fused-ring (bicyclic) bond motifs is 1. The van der Waals surface area contributed by atoms with E-state index in [0.717, 1.165) is 12.1 Å². The zero-order valence-corrected chi connectivity index (χ0v) is 14.4. The van der Waals surface area contributed by atoms with E-state index >= 15 is 0 Å². The third-order valence-electron chi connectivity index (χ3n) is 3.89. The van der Waals surface area contributed by atoms with Gasteiger partial charge < -0.3 is 14.7 Å². The third kappa shape index (κ3) is 3.62. The Labute approximate surface area is 144 Å². The lowest BCUT2D eigenvalue weighted by atomic mass is 10.2. The molecule has 0 saturated carbocycles. The highest BCUT2D eigenvalue weighted by Gasteiger charge is 2.25. The van der Waals surface area contributed by atoms with Crippen molar-refractivity contribution in [3.63, 3.8) is 0 Å². The van der Waals surface area contributed by atoms with Gasteiger partial charge in [-0.3, -0.25) is 9.59 Å². The topological polar surface area (TPSA) is 75.4 Å². The number of aryl methyl sites for hydroxylation is 1. The van der Waals surface area contributed by atoms with Crippen molar-refractivity contribution in [3.8, 4) is 0 Å². The monoisotopic (exact) mass is 345 g/mol. The van der Waals surface area contributed by atoms with Gasteiger partial charge in [0.05, 0.1) is 11.0 Å². The van der Waals surface area contributed by atoms with Gasteiger partial charge in [-0.2, -0.15) is 0 Å². The number of carbonyl (C=O) groups is 2. The molecule has 0 radical (unpaired) electrons. The predicted octanol–water partition coefficient (Wildman–Crippen LogP) is 2.63. The van der Waals surface area contributed by atoms with E-state index in [9.17, 15) is 9.59 Å². The third-order valence-corrected chi connectivity index (χ3v) is 5.02. The molecule has 2 heterocycles. The molecular weight excluding hydrogens is 326 g/mol. The van der Waals surface area contributed by atoms with Gasteiger partial charge >= 0.3 is 0 Å². The van der Waals surface area contributed by atoms with Gasteiger partial charge in [0.25, 0.3) is 0 Å². The van der Waals surface area contributed by atoms with Crippen LogP contribution >= 0.6 is 11.8 Å². The number of rotatable bonds is 5. The Hall–Kier alpha value is -2.28. The molecular formula is C17H19N3O3S. The van der Waals surface area contributed by atoms with Crippen molar-refractivity contribution in [2.45, 2.75) is 25.5 Å². The molecule has 1 N–H and O–H groups in total. The summed E-state index contributed by atoms with van der Waals surface area (Å²) in [6.45, 7) is 4.24. The van der Waals surface area contributed by atoms with Crippen LogP contribution in [0.25, 0.3) is 0 Å². The molecule has 1 atom stereocenters. The number of benzene rings is 1. The molecule has 0 bridgehead atoms. The second-order valence-corrected chi connectivity index (χ2v) is 7.02.